The number of fused-ring (bicyclic) bond motifs is 1. The summed E-state index contributed by atoms with van der Waals surface area (Å²) in [6.45, 7) is 7.85. The van der Waals surface area contributed by atoms with Gasteiger partial charge < -0.3 is 20.1 Å². The highest BCUT2D eigenvalue weighted by Crippen LogP contribution is 2.55. The number of aryl methyl sites for hydroxylation is 2. The maximum atomic E-state index is 13.3. The van der Waals surface area contributed by atoms with Gasteiger partial charge in [0.1, 0.15) is 11.5 Å². The first-order valence-corrected chi connectivity index (χ1v) is 13.8. The number of halogens is 2. The van der Waals surface area contributed by atoms with Gasteiger partial charge in [-0.05, 0) is 110 Å². The summed E-state index contributed by atoms with van der Waals surface area (Å²) in [6, 6.07) is 8.04. The van der Waals surface area contributed by atoms with E-state index < -0.39 is 17.5 Å². The topological polar surface area (TPSA) is 104 Å². The second-order valence-electron chi connectivity index (χ2n) is 9.00. The number of hydrogen-bond acceptors (Lipinski definition) is 5. The third-order valence-corrected chi connectivity index (χ3v) is 8.82. The predicted octanol–water partition coefficient (Wildman–Crippen LogP) is 7.03. The van der Waals surface area contributed by atoms with Crippen molar-refractivity contribution >= 4 is 43.8 Å². The third-order valence-electron chi connectivity index (χ3n) is 7.21. The fourth-order valence-electron chi connectivity index (χ4n) is 5.35. The number of rotatable bonds is 7. The Balaban J connectivity index is 2.24. The van der Waals surface area contributed by atoms with Crippen molar-refractivity contribution in [3.63, 3.8) is 0 Å². The van der Waals surface area contributed by atoms with E-state index in [1.807, 2.05) is 39.8 Å². The molecule has 6 nitrogen and oxygen atoms in total. The zero-order chi connectivity index (χ0) is 27.2. The summed E-state index contributed by atoms with van der Waals surface area (Å²) < 4.78 is 6.91. The molecule has 0 atom stereocenters. The normalized spacial score (nSPS) is 13.9. The number of aromatic carboxylic acids is 1. The number of aromatic hydroxyl groups is 2. The Bertz CT molecular complexity index is 1380. The van der Waals surface area contributed by atoms with Gasteiger partial charge in [-0.3, -0.25) is 0 Å². The van der Waals surface area contributed by atoms with Crippen LogP contribution in [0.3, 0.4) is 0 Å². The minimum atomic E-state index is -1.64. The molecule has 3 aromatic carbocycles. The summed E-state index contributed by atoms with van der Waals surface area (Å²) >= 11 is 7.14. The molecular weight excluding hydrogens is 604 g/mol. The molecule has 4 rings (SSSR count). The second kappa shape index (κ2) is 10.1. The van der Waals surface area contributed by atoms with E-state index in [0.717, 1.165) is 22.3 Å². The molecule has 194 valence electrons. The van der Waals surface area contributed by atoms with Gasteiger partial charge in [0.15, 0.2) is 5.60 Å². The lowest BCUT2D eigenvalue weighted by atomic mass is 9.76. The molecular formula is C29H28Br2O6. The lowest BCUT2D eigenvalue weighted by Gasteiger charge is -2.34. The molecule has 8 heteroatoms. The molecule has 3 aromatic rings. The lowest BCUT2D eigenvalue weighted by molar-refractivity contribution is 0.0245. The average Bonchev–Trinajstić information content (AvgIpc) is 3.18. The zero-order valence-corrected chi connectivity index (χ0v) is 24.2. The van der Waals surface area contributed by atoms with Crippen LogP contribution in [0.15, 0.2) is 39.3 Å². The smallest absolute Gasteiger partial charge is 0.340 e. The van der Waals surface area contributed by atoms with Gasteiger partial charge in [0.25, 0.3) is 0 Å². The number of ether oxygens (including phenoxy) is 1. The molecule has 0 unspecified atom stereocenters. The average molecular weight is 632 g/mol. The van der Waals surface area contributed by atoms with Crippen molar-refractivity contribution in [3.05, 3.63) is 89.3 Å². The van der Waals surface area contributed by atoms with E-state index in [9.17, 15) is 24.9 Å². The molecule has 0 saturated carbocycles. The van der Waals surface area contributed by atoms with Gasteiger partial charge in [0.05, 0.1) is 20.1 Å². The van der Waals surface area contributed by atoms with Gasteiger partial charge in [-0.15, -0.1) is 0 Å². The lowest BCUT2D eigenvalue weighted by Crippen LogP contribution is -2.31. The number of cyclic esters (lactones) is 1. The third kappa shape index (κ3) is 4.05. The second-order valence-corrected chi connectivity index (χ2v) is 10.6. The first kappa shape index (κ1) is 27.2. The molecule has 0 aliphatic carbocycles. The monoisotopic (exact) mass is 630 g/mol. The number of carbonyl (C=O) groups excluding carboxylic acids is 1. The van der Waals surface area contributed by atoms with Crippen molar-refractivity contribution in [1.82, 2.24) is 0 Å². The van der Waals surface area contributed by atoms with Crippen LogP contribution in [0.2, 0.25) is 0 Å². The zero-order valence-electron chi connectivity index (χ0n) is 21.0. The summed E-state index contributed by atoms with van der Waals surface area (Å²) in [5, 5.41) is 32.2. The quantitative estimate of drug-likeness (QED) is 0.242. The Morgan fingerprint density at radius 2 is 1.30 bits per heavy atom. The summed E-state index contributed by atoms with van der Waals surface area (Å²) in [4.78, 5) is 25.3. The van der Waals surface area contributed by atoms with E-state index in [0.29, 0.717) is 51.3 Å². The summed E-state index contributed by atoms with van der Waals surface area (Å²) in [6.07, 6.45) is 2.42. The summed E-state index contributed by atoms with van der Waals surface area (Å²) in [5.74, 6) is -1.70. The van der Waals surface area contributed by atoms with Crippen molar-refractivity contribution in [2.24, 2.45) is 0 Å². The molecule has 1 aliphatic heterocycles. The Hall–Kier alpha value is -2.84. The highest BCUT2D eigenvalue weighted by molar-refractivity contribution is 9.11. The Morgan fingerprint density at radius 3 is 1.70 bits per heavy atom. The summed E-state index contributed by atoms with van der Waals surface area (Å²) in [5.41, 5.74) is 3.08. The SMILES string of the molecule is CCc1cc(C2(c3cc(CC)c(CC)c(O)c3Br)OC(=O)c3ccc(C(=O)O)cc32)c(Br)c(O)c1CC. The van der Waals surface area contributed by atoms with Gasteiger partial charge in [-0.25, -0.2) is 9.59 Å². The van der Waals surface area contributed by atoms with Crippen LogP contribution in [0, 0.1) is 0 Å². The van der Waals surface area contributed by atoms with E-state index in [-0.39, 0.29) is 22.6 Å². The summed E-state index contributed by atoms with van der Waals surface area (Å²) in [7, 11) is 0. The van der Waals surface area contributed by atoms with Gasteiger partial charge in [0.2, 0.25) is 0 Å². The molecule has 0 amide bonds. The number of benzene rings is 3. The molecule has 0 bridgehead atoms. The van der Waals surface area contributed by atoms with Crippen molar-refractivity contribution in [1.29, 1.82) is 0 Å². The molecule has 0 saturated heterocycles. The van der Waals surface area contributed by atoms with Crippen molar-refractivity contribution in [2.75, 3.05) is 0 Å². The van der Waals surface area contributed by atoms with Gasteiger partial charge in [0, 0.05) is 16.7 Å². The number of carboxylic acids is 1. The van der Waals surface area contributed by atoms with Crippen LogP contribution in [0.5, 0.6) is 11.5 Å². The van der Waals surface area contributed by atoms with Crippen molar-refractivity contribution in [3.8, 4) is 11.5 Å². The Labute approximate surface area is 232 Å². The molecule has 0 radical (unpaired) electrons. The number of hydrogen-bond donors (Lipinski definition) is 3. The standard InChI is InChI=1S/C29H28Br2O6/c1-5-14-11-21(23(30)25(32)17(14)7-3)29(22-12-15(6-2)18(8-4)26(33)24(22)31)20-13-16(27(34)35)9-10-19(20)28(36)37-29/h9-13,32-33H,5-8H2,1-4H3,(H,34,35). The van der Waals surface area contributed by atoms with Crippen LogP contribution >= 0.6 is 31.9 Å². The van der Waals surface area contributed by atoms with E-state index in [4.69, 9.17) is 4.74 Å². The number of carboxylic acid groups (broad SMARTS) is 1. The molecule has 0 fully saturated rings. The first-order chi connectivity index (χ1) is 17.6. The van der Waals surface area contributed by atoms with Gasteiger partial charge in [-0.1, -0.05) is 27.7 Å². The molecule has 0 spiro atoms. The minimum absolute atomic E-state index is 0.0103. The molecule has 37 heavy (non-hydrogen) atoms. The van der Waals surface area contributed by atoms with E-state index in [1.54, 1.807) is 0 Å². The maximum absolute atomic E-state index is 13.3. The van der Waals surface area contributed by atoms with Crippen LogP contribution in [0.25, 0.3) is 0 Å². The van der Waals surface area contributed by atoms with E-state index in [2.05, 4.69) is 31.9 Å². The minimum Gasteiger partial charge on any atom is -0.506 e. The molecule has 1 heterocycles. The van der Waals surface area contributed by atoms with Crippen molar-refractivity contribution < 1.29 is 29.6 Å². The first-order valence-electron chi connectivity index (χ1n) is 12.3. The van der Waals surface area contributed by atoms with Gasteiger partial charge in [-0.2, -0.15) is 0 Å². The predicted molar refractivity (Wildman–Crippen MR) is 148 cm³/mol. The Morgan fingerprint density at radius 1 is 0.811 bits per heavy atom. The number of esters is 1. The number of carbonyl (C=O) groups is 2. The number of phenols is 2. The van der Waals surface area contributed by atoms with Crippen LogP contribution in [-0.4, -0.2) is 27.3 Å². The Kier molecular flexibility index (Phi) is 7.45. The molecule has 0 aromatic heterocycles. The molecule has 1 aliphatic rings. The number of phenolic OH excluding ortho intramolecular Hbond substituents is 2. The van der Waals surface area contributed by atoms with Crippen molar-refractivity contribution in [2.45, 2.75) is 59.0 Å². The van der Waals surface area contributed by atoms with Crippen LogP contribution in [-0.2, 0) is 36.0 Å². The highest BCUT2D eigenvalue weighted by atomic mass is 79.9. The largest absolute Gasteiger partial charge is 0.506 e. The van der Waals surface area contributed by atoms with Crippen LogP contribution < -0.4 is 0 Å². The fourth-order valence-corrected chi connectivity index (χ4v) is 6.61. The van der Waals surface area contributed by atoms with Crippen LogP contribution in [0.4, 0.5) is 0 Å². The molecule has 3 N–H and O–H groups in total. The van der Waals surface area contributed by atoms with E-state index >= 15 is 0 Å². The highest BCUT2D eigenvalue weighted by Gasteiger charge is 2.52. The van der Waals surface area contributed by atoms with Crippen LogP contribution in [0.1, 0.15) is 87.4 Å². The van der Waals surface area contributed by atoms with E-state index in [1.165, 1.54) is 18.2 Å². The van der Waals surface area contributed by atoms with Gasteiger partial charge >= 0.3 is 11.9 Å². The maximum Gasteiger partial charge on any atom is 0.340 e. The fraction of sp³-hybridized carbons (Fsp3) is 0.310.